The number of rotatable bonds is 4. The van der Waals surface area contributed by atoms with E-state index in [0.717, 1.165) is 11.1 Å². The highest BCUT2D eigenvalue weighted by Gasteiger charge is 2.42. The quantitative estimate of drug-likeness (QED) is 0.752. The van der Waals surface area contributed by atoms with E-state index < -0.39 is 6.04 Å². The third kappa shape index (κ3) is 2.77. The van der Waals surface area contributed by atoms with Gasteiger partial charge in [0.1, 0.15) is 11.3 Å². The summed E-state index contributed by atoms with van der Waals surface area (Å²) >= 11 is 0. The number of carbonyl (C=O) groups excluding carboxylic acids is 1. The van der Waals surface area contributed by atoms with Crippen molar-refractivity contribution in [1.82, 2.24) is 4.90 Å². The highest BCUT2D eigenvalue weighted by atomic mass is 16.5. The summed E-state index contributed by atoms with van der Waals surface area (Å²) in [6, 6.07) is 9.56. The number of hydrogen-bond donors (Lipinski definition) is 1. The van der Waals surface area contributed by atoms with Gasteiger partial charge in [-0.3, -0.25) is 9.59 Å². The third-order valence-electron chi connectivity index (χ3n) is 5.30. The summed E-state index contributed by atoms with van der Waals surface area (Å²) < 4.78 is 11.1. The first-order chi connectivity index (χ1) is 13.4. The summed E-state index contributed by atoms with van der Waals surface area (Å²) in [6.45, 7) is 4.49. The van der Waals surface area contributed by atoms with Crippen molar-refractivity contribution in [1.29, 1.82) is 0 Å². The lowest BCUT2D eigenvalue weighted by Gasteiger charge is -2.24. The van der Waals surface area contributed by atoms with E-state index in [1.54, 1.807) is 48.4 Å². The molecule has 0 unspecified atom stereocenters. The first-order valence-corrected chi connectivity index (χ1v) is 9.09. The molecule has 0 saturated carbocycles. The van der Waals surface area contributed by atoms with E-state index in [1.165, 1.54) is 0 Å². The van der Waals surface area contributed by atoms with Crippen LogP contribution in [-0.2, 0) is 4.74 Å². The largest absolute Gasteiger partial charge is 0.508 e. The molecule has 0 fully saturated rings. The van der Waals surface area contributed by atoms with Gasteiger partial charge in [-0.25, -0.2) is 0 Å². The Hall–Kier alpha value is -3.12. The van der Waals surface area contributed by atoms with Crippen LogP contribution in [0.15, 0.2) is 45.6 Å². The standard InChI is InChI=1S/C22H21NO5/c1-12-9-16-17(10-13(12)2)28-21-18(20(16)25)19(14-5-4-6-15(24)11-14)23(22(21)26)7-8-27-3/h4-6,9-11,19,24H,7-8H2,1-3H3/t19-/m0/s1. The fourth-order valence-electron chi connectivity index (χ4n) is 3.74. The van der Waals surface area contributed by atoms with E-state index in [9.17, 15) is 14.7 Å². The fraction of sp³-hybridized carbons (Fsp3) is 0.273. The van der Waals surface area contributed by atoms with Gasteiger partial charge >= 0.3 is 0 Å². The normalized spacial score (nSPS) is 16.0. The van der Waals surface area contributed by atoms with Gasteiger partial charge in [0.25, 0.3) is 5.91 Å². The minimum Gasteiger partial charge on any atom is -0.508 e. The molecular formula is C22H21NO5. The minimum absolute atomic E-state index is 0.0604. The van der Waals surface area contributed by atoms with Crippen LogP contribution >= 0.6 is 0 Å². The summed E-state index contributed by atoms with van der Waals surface area (Å²) in [5.74, 6) is -0.218. The highest BCUT2D eigenvalue weighted by molar-refractivity contribution is 5.99. The van der Waals surface area contributed by atoms with Crippen LogP contribution in [0.25, 0.3) is 11.0 Å². The van der Waals surface area contributed by atoms with Crippen LogP contribution in [0.5, 0.6) is 5.75 Å². The van der Waals surface area contributed by atoms with Crippen LogP contribution in [0.3, 0.4) is 0 Å². The number of hydrogen-bond acceptors (Lipinski definition) is 5. The number of aromatic hydroxyl groups is 1. The van der Waals surface area contributed by atoms with Gasteiger partial charge in [0.05, 0.1) is 23.6 Å². The minimum atomic E-state index is -0.632. The number of phenolic OH excluding ortho intramolecular Hbond substituents is 1. The molecule has 1 N–H and O–H groups in total. The lowest BCUT2D eigenvalue weighted by Crippen LogP contribution is -2.32. The third-order valence-corrected chi connectivity index (χ3v) is 5.30. The van der Waals surface area contributed by atoms with Gasteiger partial charge in [-0.15, -0.1) is 0 Å². The molecule has 6 heteroatoms. The number of nitrogens with zero attached hydrogens (tertiary/aromatic N) is 1. The van der Waals surface area contributed by atoms with Crippen molar-refractivity contribution in [2.24, 2.45) is 0 Å². The molecule has 3 aromatic rings. The molecule has 2 heterocycles. The van der Waals surface area contributed by atoms with Gasteiger partial charge in [-0.2, -0.15) is 0 Å². The van der Waals surface area contributed by atoms with Gasteiger partial charge in [0, 0.05) is 13.7 Å². The van der Waals surface area contributed by atoms with Gasteiger partial charge in [-0.05, 0) is 54.8 Å². The van der Waals surface area contributed by atoms with Crippen molar-refractivity contribution < 1.29 is 19.1 Å². The number of aryl methyl sites for hydroxylation is 2. The number of amides is 1. The van der Waals surface area contributed by atoms with Gasteiger partial charge in [0.2, 0.25) is 5.76 Å². The lowest BCUT2D eigenvalue weighted by molar-refractivity contribution is 0.0663. The molecule has 0 radical (unpaired) electrons. The van der Waals surface area contributed by atoms with E-state index in [4.69, 9.17) is 9.15 Å². The van der Waals surface area contributed by atoms with Crippen LogP contribution < -0.4 is 5.43 Å². The Morgan fingerprint density at radius 1 is 1.14 bits per heavy atom. The van der Waals surface area contributed by atoms with E-state index >= 15 is 0 Å². The average Bonchev–Trinajstić information content (AvgIpc) is 2.94. The number of carbonyl (C=O) groups is 1. The number of ether oxygens (including phenoxy) is 1. The average molecular weight is 379 g/mol. The van der Waals surface area contributed by atoms with Crippen LogP contribution in [-0.4, -0.2) is 36.2 Å². The van der Waals surface area contributed by atoms with Crippen LogP contribution in [0, 0.1) is 13.8 Å². The molecular weight excluding hydrogens is 358 g/mol. The molecule has 1 amide bonds. The van der Waals surface area contributed by atoms with Crippen molar-refractivity contribution in [3.05, 3.63) is 74.6 Å². The summed E-state index contributed by atoms with van der Waals surface area (Å²) in [4.78, 5) is 28.0. The van der Waals surface area contributed by atoms with Crippen LogP contribution in [0.4, 0.5) is 0 Å². The van der Waals surface area contributed by atoms with Crippen molar-refractivity contribution in [2.75, 3.05) is 20.3 Å². The van der Waals surface area contributed by atoms with E-state index in [0.29, 0.717) is 35.2 Å². The van der Waals surface area contributed by atoms with Gasteiger partial charge < -0.3 is 19.2 Å². The molecule has 144 valence electrons. The molecule has 1 aromatic heterocycles. The Kier molecular flexibility index (Phi) is 4.43. The molecule has 28 heavy (non-hydrogen) atoms. The molecule has 0 bridgehead atoms. The lowest BCUT2D eigenvalue weighted by atomic mass is 9.97. The number of benzene rings is 2. The second-order valence-corrected chi connectivity index (χ2v) is 7.10. The Labute approximate surface area is 162 Å². The second kappa shape index (κ2) is 6.80. The predicted octanol–water partition coefficient (Wildman–Crippen LogP) is 3.31. The monoisotopic (exact) mass is 379 g/mol. The first-order valence-electron chi connectivity index (χ1n) is 9.09. The summed E-state index contributed by atoms with van der Waals surface area (Å²) in [5.41, 5.74) is 3.11. The maximum absolute atomic E-state index is 13.4. The highest BCUT2D eigenvalue weighted by Crippen LogP contribution is 2.38. The van der Waals surface area contributed by atoms with E-state index in [1.807, 2.05) is 13.8 Å². The molecule has 1 aliphatic rings. The van der Waals surface area contributed by atoms with E-state index in [2.05, 4.69) is 0 Å². The zero-order valence-corrected chi connectivity index (χ0v) is 16.0. The molecule has 4 rings (SSSR count). The van der Waals surface area contributed by atoms with Gasteiger partial charge in [0.15, 0.2) is 5.43 Å². The van der Waals surface area contributed by atoms with Crippen molar-refractivity contribution in [2.45, 2.75) is 19.9 Å². The van der Waals surface area contributed by atoms with Crippen molar-refractivity contribution in [3.63, 3.8) is 0 Å². The van der Waals surface area contributed by atoms with E-state index in [-0.39, 0.29) is 22.8 Å². The summed E-state index contributed by atoms with van der Waals surface area (Å²) in [5, 5.41) is 10.4. The Bertz CT molecular complexity index is 1150. The Balaban J connectivity index is 2.00. The maximum atomic E-state index is 13.4. The molecule has 2 aromatic carbocycles. The summed E-state index contributed by atoms with van der Waals surface area (Å²) in [7, 11) is 1.56. The number of methoxy groups -OCH3 is 1. The van der Waals surface area contributed by atoms with Crippen molar-refractivity contribution >= 4 is 16.9 Å². The maximum Gasteiger partial charge on any atom is 0.290 e. The zero-order chi connectivity index (χ0) is 20.0. The predicted molar refractivity (Wildman–Crippen MR) is 105 cm³/mol. The molecule has 6 nitrogen and oxygen atoms in total. The summed E-state index contributed by atoms with van der Waals surface area (Å²) in [6.07, 6.45) is 0. The molecule has 0 spiro atoms. The SMILES string of the molecule is COCCN1C(=O)c2oc3cc(C)c(C)cc3c(=O)c2[C@@H]1c1cccc(O)c1. The van der Waals surface area contributed by atoms with Crippen molar-refractivity contribution in [3.8, 4) is 5.75 Å². The number of fused-ring (bicyclic) bond motifs is 2. The molecule has 1 atom stereocenters. The molecule has 1 aliphatic heterocycles. The number of phenols is 1. The zero-order valence-electron chi connectivity index (χ0n) is 16.0. The molecule has 0 aliphatic carbocycles. The van der Waals surface area contributed by atoms with Crippen LogP contribution in [0.1, 0.15) is 38.9 Å². The smallest absolute Gasteiger partial charge is 0.290 e. The van der Waals surface area contributed by atoms with Crippen LogP contribution in [0.2, 0.25) is 0 Å². The Morgan fingerprint density at radius 3 is 2.61 bits per heavy atom. The molecule has 0 saturated heterocycles. The topological polar surface area (TPSA) is 80.0 Å². The first kappa shape index (κ1) is 18.3. The van der Waals surface area contributed by atoms with Gasteiger partial charge in [-0.1, -0.05) is 12.1 Å². The fourth-order valence-corrected chi connectivity index (χ4v) is 3.74. The Morgan fingerprint density at radius 2 is 1.89 bits per heavy atom. The second-order valence-electron chi connectivity index (χ2n) is 7.10.